The van der Waals surface area contributed by atoms with Crippen molar-refractivity contribution in [1.29, 1.82) is 0 Å². The first-order valence-corrected chi connectivity index (χ1v) is 18.9. The molecule has 1 fully saturated rings. The second-order valence-corrected chi connectivity index (χ2v) is 18.7. The zero-order valence-corrected chi connectivity index (χ0v) is 24.4. The predicted molar refractivity (Wildman–Crippen MR) is 135 cm³/mol. The molecule has 0 saturated heterocycles. The Bertz CT molecular complexity index is 836. The van der Waals surface area contributed by atoms with Crippen molar-refractivity contribution in [2.75, 3.05) is 0 Å². The van der Waals surface area contributed by atoms with E-state index in [9.17, 15) is 0 Å². The Balaban J connectivity index is 0.000000708. The summed E-state index contributed by atoms with van der Waals surface area (Å²) in [6.07, 6.45) is 0. The van der Waals surface area contributed by atoms with Crippen LogP contribution in [0.2, 0.25) is 18.6 Å². The van der Waals surface area contributed by atoms with Gasteiger partial charge in [0.1, 0.15) is 0 Å². The Morgan fingerprint density at radius 1 is 1.07 bits per heavy atom. The van der Waals surface area contributed by atoms with E-state index in [0.717, 1.165) is 28.5 Å². The van der Waals surface area contributed by atoms with Crippen LogP contribution in [0.4, 0.5) is 0 Å². The van der Waals surface area contributed by atoms with Gasteiger partial charge in [-0.3, -0.25) is 0 Å². The summed E-state index contributed by atoms with van der Waals surface area (Å²) < 4.78 is 1.47. The van der Waals surface area contributed by atoms with E-state index in [4.69, 9.17) is 23.6 Å². The Hall–Kier alpha value is 1.00. The van der Waals surface area contributed by atoms with Gasteiger partial charge in [-0.1, -0.05) is 74.1 Å². The number of thiophene rings is 1. The summed E-state index contributed by atoms with van der Waals surface area (Å²) in [5, 5.41) is 2.23. The molecule has 7 heteroatoms. The Morgan fingerprint density at radius 2 is 1.66 bits per heavy atom. The van der Waals surface area contributed by atoms with Crippen LogP contribution in [0.15, 0.2) is 29.2 Å². The van der Waals surface area contributed by atoms with Crippen LogP contribution in [0.5, 0.6) is 0 Å². The van der Waals surface area contributed by atoms with E-state index < -0.39 is 25.3 Å². The van der Waals surface area contributed by atoms with E-state index in [1.165, 1.54) is 10.1 Å². The van der Waals surface area contributed by atoms with Gasteiger partial charge in [-0.05, 0) is 23.4 Å². The molecule has 2 aromatic rings. The molecule has 2 heterocycles. The van der Waals surface area contributed by atoms with Gasteiger partial charge in [0.05, 0.1) is 0 Å². The maximum absolute atomic E-state index is 5.41. The van der Waals surface area contributed by atoms with Crippen LogP contribution < -0.4 is 0 Å². The molecule has 0 spiro atoms. The van der Waals surface area contributed by atoms with Crippen LogP contribution >= 0.6 is 41.7 Å². The Kier molecular flexibility index (Phi) is 8.93. The first-order chi connectivity index (χ1) is 13.0. The minimum absolute atomic E-state index is 0. The molecule has 0 N–H and O–H groups in total. The summed E-state index contributed by atoms with van der Waals surface area (Å²) in [5.74, 6) is 2.27. The van der Waals surface area contributed by atoms with Crippen LogP contribution in [0, 0.1) is 19.3 Å². The van der Waals surface area contributed by atoms with Gasteiger partial charge in [0.2, 0.25) is 0 Å². The van der Waals surface area contributed by atoms with Crippen molar-refractivity contribution in [2.45, 2.75) is 74.9 Å². The Morgan fingerprint density at radius 3 is 2.24 bits per heavy atom. The molecule has 1 aromatic carbocycles. The summed E-state index contributed by atoms with van der Waals surface area (Å²) in [6.45, 7) is 16.9. The third-order valence-corrected chi connectivity index (χ3v) is 13.2. The van der Waals surface area contributed by atoms with E-state index in [1.807, 2.05) is 0 Å². The molecule has 4 rings (SSSR count). The topological polar surface area (TPSA) is 14.1 Å². The van der Waals surface area contributed by atoms with Crippen molar-refractivity contribution in [3.63, 3.8) is 0 Å². The van der Waals surface area contributed by atoms with E-state index in [0.29, 0.717) is 0 Å². The van der Waals surface area contributed by atoms with Crippen molar-refractivity contribution < 1.29 is 17.0 Å². The van der Waals surface area contributed by atoms with Gasteiger partial charge in [0.15, 0.2) is 0 Å². The van der Waals surface area contributed by atoms with Gasteiger partial charge in [-0.25, -0.2) is 0 Å². The summed E-state index contributed by atoms with van der Waals surface area (Å²) in [7, 11) is 8.11. The monoisotopic (exact) mass is 521 g/mol. The van der Waals surface area contributed by atoms with Crippen LogP contribution in [0.3, 0.4) is 0 Å². The second kappa shape index (κ2) is 9.87. The van der Waals surface area contributed by atoms with Gasteiger partial charge >= 0.3 is 35.6 Å². The van der Waals surface area contributed by atoms with Gasteiger partial charge in [0.25, 0.3) is 0 Å². The molecule has 1 aliphatic carbocycles. The molecular formula is C22H33Cl2NS2SiTi-2. The summed E-state index contributed by atoms with van der Waals surface area (Å²) in [6, 6.07) is 8.99. The summed E-state index contributed by atoms with van der Waals surface area (Å²) in [4.78, 5) is 8.68. The summed E-state index contributed by atoms with van der Waals surface area (Å²) in [5.41, 5.74) is 0.854. The fourth-order valence-corrected chi connectivity index (χ4v) is 14.7. The van der Waals surface area contributed by atoms with Gasteiger partial charge in [0, 0.05) is 31.0 Å². The number of hydrogen-bond acceptors (Lipinski definition) is 2. The number of thioether (sulfide) groups is 1. The van der Waals surface area contributed by atoms with E-state index in [2.05, 4.69) is 95.1 Å². The number of fused-ring (bicyclic) bond motifs is 5. The predicted octanol–water partition coefficient (Wildman–Crippen LogP) is 9.32. The molecule has 2 aliphatic rings. The van der Waals surface area contributed by atoms with Gasteiger partial charge < -0.3 is 12.4 Å². The van der Waals surface area contributed by atoms with E-state index in [-0.39, 0.29) is 13.0 Å². The standard InChI is InChI=1S/C21H30NS2Si.CH3.2ClH.Ti/c1-12-13(2)20(25(6,7)22-21(3,4)5)19-16(12)18-17(24-19)14-10-8-9-11-15(14)23-18;;;;/h8-13,16,19-20H,1-7H3;1H3;2*1H;/q2*-1;;;+2/p-2. The molecule has 29 heavy (non-hydrogen) atoms. The first-order valence-electron chi connectivity index (χ1n) is 9.90. The number of nitrogens with zero attached hydrogens (tertiary/aromatic N) is 1. The number of rotatable bonds is 2. The van der Waals surface area contributed by atoms with Gasteiger partial charge in [-0.15, -0.1) is 28.6 Å². The molecule has 5 atom stereocenters. The Labute approximate surface area is 203 Å². The molecule has 1 saturated carbocycles. The van der Waals surface area contributed by atoms with E-state index >= 15 is 0 Å². The van der Waals surface area contributed by atoms with Crippen molar-refractivity contribution >= 4 is 60.0 Å². The quantitative estimate of drug-likeness (QED) is 0.283. The van der Waals surface area contributed by atoms with Crippen molar-refractivity contribution in [1.82, 2.24) is 0 Å². The third-order valence-electron chi connectivity index (χ3n) is 6.24. The molecular weight excluding hydrogens is 489 g/mol. The fraction of sp³-hybridized carbons (Fsp3) is 0.591. The normalized spacial score (nSPS) is 28.2. The fourth-order valence-electron chi connectivity index (χ4n) is 5.51. The molecule has 0 radical (unpaired) electrons. The SMILES string of the molecule is CC1C(C)C([Si](C)(C)[N-]C(C)(C)C)C2Sc3c(sc4ccccc34)C12.[CH3-].[Cl][Ti][Cl]. The zero-order valence-electron chi connectivity index (χ0n) is 18.7. The number of benzene rings is 1. The molecule has 5 unspecified atom stereocenters. The molecule has 0 amide bonds. The second-order valence-electron chi connectivity index (χ2n) is 9.65. The van der Waals surface area contributed by atoms with Crippen LogP contribution in [-0.2, 0) is 17.0 Å². The molecule has 162 valence electrons. The van der Waals surface area contributed by atoms with Crippen molar-refractivity contribution in [3.8, 4) is 0 Å². The third kappa shape index (κ3) is 5.16. The van der Waals surface area contributed by atoms with Gasteiger partial charge in [-0.2, -0.15) is 0 Å². The minimum atomic E-state index is -1.67. The number of hydrogen-bond donors (Lipinski definition) is 0. The van der Waals surface area contributed by atoms with Crippen LogP contribution in [0.1, 0.15) is 45.4 Å². The van der Waals surface area contributed by atoms with Crippen LogP contribution in [0.25, 0.3) is 15.1 Å². The molecule has 1 nitrogen and oxygen atoms in total. The average Bonchev–Trinajstić information content (AvgIpc) is 3.15. The van der Waals surface area contributed by atoms with E-state index in [1.54, 1.807) is 9.77 Å². The van der Waals surface area contributed by atoms with Crippen molar-refractivity contribution in [3.05, 3.63) is 41.6 Å². The number of halogens is 2. The molecule has 1 aliphatic heterocycles. The molecule has 0 bridgehead atoms. The maximum atomic E-state index is 5.41. The first kappa shape index (κ1) is 26.3. The van der Waals surface area contributed by atoms with Crippen molar-refractivity contribution in [2.24, 2.45) is 11.8 Å². The average molecular weight is 523 g/mol. The van der Waals surface area contributed by atoms with Crippen LogP contribution in [-0.4, -0.2) is 19.0 Å². The molecule has 1 aromatic heterocycles. The zero-order chi connectivity index (χ0) is 20.9. The summed E-state index contributed by atoms with van der Waals surface area (Å²) >= 11 is 3.70.